The molecule has 0 N–H and O–H groups in total. The minimum Gasteiger partial charge on any atom is -0.369 e. The number of hydrogen-bond donors (Lipinski definition) is 0. The zero-order valence-electron chi connectivity index (χ0n) is 18.4. The van der Waals surface area contributed by atoms with Crippen LogP contribution < -0.4 is 4.90 Å². The maximum Gasteiger partial charge on any atom is 0.168 e. The van der Waals surface area contributed by atoms with Crippen molar-refractivity contribution in [2.45, 2.75) is 72.4 Å². The first-order chi connectivity index (χ1) is 13.3. The second-order valence-corrected chi connectivity index (χ2v) is 9.02. The fourth-order valence-electron chi connectivity index (χ4n) is 4.10. The van der Waals surface area contributed by atoms with Gasteiger partial charge in [0.05, 0.1) is 11.6 Å². The molecule has 0 bridgehead atoms. The lowest BCUT2D eigenvalue weighted by atomic mass is 10.0. The summed E-state index contributed by atoms with van der Waals surface area (Å²) in [6.45, 7) is 17.4. The number of anilines is 1. The number of aryl methyl sites for hydroxylation is 1. The number of tetrazole rings is 1. The highest BCUT2D eigenvalue weighted by molar-refractivity contribution is 5.56. The SMILES string of the molecule is CCCC[C@@H](c1nnnn1C(C)(C)C)N1CCN(c2cccc(C)c2C)CC1. The summed E-state index contributed by atoms with van der Waals surface area (Å²) >= 11 is 0. The highest BCUT2D eigenvalue weighted by Crippen LogP contribution is 2.30. The van der Waals surface area contributed by atoms with Crippen LogP contribution in [0.4, 0.5) is 5.69 Å². The van der Waals surface area contributed by atoms with Crippen LogP contribution in [0.25, 0.3) is 0 Å². The number of benzene rings is 1. The van der Waals surface area contributed by atoms with Crippen molar-refractivity contribution in [2.24, 2.45) is 0 Å². The van der Waals surface area contributed by atoms with Gasteiger partial charge in [-0.1, -0.05) is 31.9 Å². The van der Waals surface area contributed by atoms with E-state index in [1.165, 1.54) is 29.7 Å². The summed E-state index contributed by atoms with van der Waals surface area (Å²) in [5.41, 5.74) is 4.04. The lowest BCUT2D eigenvalue weighted by molar-refractivity contribution is 0.155. The fraction of sp³-hybridized carbons (Fsp3) is 0.682. The number of piperazine rings is 1. The van der Waals surface area contributed by atoms with Crippen molar-refractivity contribution in [2.75, 3.05) is 31.1 Å². The maximum absolute atomic E-state index is 4.46. The third-order valence-corrected chi connectivity index (χ3v) is 5.93. The number of rotatable bonds is 6. The molecule has 0 radical (unpaired) electrons. The van der Waals surface area contributed by atoms with Crippen molar-refractivity contribution in [3.63, 3.8) is 0 Å². The normalized spacial score (nSPS) is 17.1. The summed E-state index contributed by atoms with van der Waals surface area (Å²) in [4.78, 5) is 5.12. The summed E-state index contributed by atoms with van der Waals surface area (Å²) in [6.07, 6.45) is 3.49. The topological polar surface area (TPSA) is 50.1 Å². The van der Waals surface area contributed by atoms with Crippen LogP contribution >= 0.6 is 0 Å². The van der Waals surface area contributed by atoms with E-state index >= 15 is 0 Å². The Bertz CT molecular complexity index is 768. The first kappa shape index (κ1) is 20.8. The van der Waals surface area contributed by atoms with Gasteiger partial charge in [0.2, 0.25) is 0 Å². The third kappa shape index (κ3) is 4.37. The minimum absolute atomic E-state index is 0.107. The molecule has 28 heavy (non-hydrogen) atoms. The summed E-state index contributed by atoms with van der Waals surface area (Å²) in [6, 6.07) is 6.91. The molecule has 1 fully saturated rings. The van der Waals surface area contributed by atoms with Gasteiger partial charge in [-0.25, -0.2) is 4.68 Å². The van der Waals surface area contributed by atoms with Gasteiger partial charge in [0.1, 0.15) is 0 Å². The maximum atomic E-state index is 4.46. The first-order valence-corrected chi connectivity index (χ1v) is 10.7. The molecule has 0 amide bonds. The Labute approximate surface area is 169 Å². The number of hydrogen-bond acceptors (Lipinski definition) is 5. The molecule has 0 spiro atoms. The Morgan fingerprint density at radius 2 is 1.79 bits per heavy atom. The van der Waals surface area contributed by atoms with Gasteiger partial charge in [0, 0.05) is 31.9 Å². The van der Waals surface area contributed by atoms with Crippen LogP contribution in [-0.2, 0) is 5.54 Å². The van der Waals surface area contributed by atoms with Gasteiger partial charge >= 0.3 is 0 Å². The average molecular weight is 385 g/mol. The lowest BCUT2D eigenvalue weighted by Crippen LogP contribution is -2.48. The highest BCUT2D eigenvalue weighted by Gasteiger charge is 2.31. The van der Waals surface area contributed by atoms with Crippen molar-refractivity contribution in [1.82, 2.24) is 25.1 Å². The first-order valence-electron chi connectivity index (χ1n) is 10.7. The largest absolute Gasteiger partial charge is 0.369 e. The Balaban J connectivity index is 1.77. The van der Waals surface area contributed by atoms with Gasteiger partial charge in [-0.05, 0) is 68.7 Å². The van der Waals surface area contributed by atoms with Gasteiger partial charge in [-0.2, -0.15) is 0 Å². The van der Waals surface area contributed by atoms with Crippen LogP contribution in [0, 0.1) is 13.8 Å². The molecule has 1 aliphatic heterocycles. The molecule has 0 aliphatic carbocycles. The molecule has 1 aromatic carbocycles. The molecular weight excluding hydrogens is 348 g/mol. The van der Waals surface area contributed by atoms with Gasteiger partial charge in [0.15, 0.2) is 5.82 Å². The van der Waals surface area contributed by atoms with Crippen LogP contribution in [0.2, 0.25) is 0 Å². The van der Waals surface area contributed by atoms with Crippen molar-refractivity contribution in [3.05, 3.63) is 35.2 Å². The second kappa shape index (κ2) is 8.60. The molecule has 154 valence electrons. The highest BCUT2D eigenvalue weighted by atomic mass is 15.6. The Hall–Kier alpha value is -1.95. The van der Waals surface area contributed by atoms with Gasteiger partial charge in [-0.3, -0.25) is 4.90 Å². The van der Waals surface area contributed by atoms with Crippen molar-refractivity contribution >= 4 is 5.69 Å². The summed E-state index contributed by atoms with van der Waals surface area (Å²) in [5, 5.41) is 12.8. The Morgan fingerprint density at radius 3 is 2.43 bits per heavy atom. The fourth-order valence-corrected chi connectivity index (χ4v) is 4.10. The molecule has 1 aromatic heterocycles. The zero-order valence-corrected chi connectivity index (χ0v) is 18.4. The number of unbranched alkanes of at least 4 members (excludes halogenated alkanes) is 1. The van der Waals surface area contributed by atoms with Gasteiger partial charge < -0.3 is 4.90 Å². The van der Waals surface area contributed by atoms with Crippen LogP contribution in [0.15, 0.2) is 18.2 Å². The van der Waals surface area contributed by atoms with Crippen LogP contribution in [0.1, 0.15) is 70.0 Å². The molecule has 1 atom stereocenters. The van der Waals surface area contributed by atoms with E-state index in [2.05, 4.69) is 85.1 Å². The molecule has 6 nitrogen and oxygen atoms in total. The second-order valence-electron chi connectivity index (χ2n) is 9.02. The summed E-state index contributed by atoms with van der Waals surface area (Å²) in [7, 11) is 0. The van der Waals surface area contributed by atoms with Gasteiger partial charge in [-0.15, -0.1) is 5.10 Å². The molecule has 0 unspecified atom stereocenters. The molecule has 1 aliphatic rings. The molecule has 1 saturated heterocycles. The summed E-state index contributed by atoms with van der Waals surface area (Å²) in [5.74, 6) is 1.01. The average Bonchev–Trinajstić information content (AvgIpc) is 3.15. The van der Waals surface area contributed by atoms with Crippen molar-refractivity contribution < 1.29 is 0 Å². The zero-order chi connectivity index (χ0) is 20.3. The smallest absolute Gasteiger partial charge is 0.168 e. The molecule has 3 rings (SSSR count). The van der Waals surface area contributed by atoms with E-state index in [-0.39, 0.29) is 11.6 Å². The van der Waals surface area contributed by atoms with Crippen molar-refractivity contribution in [3.8, 4) is 0 Å². The predicted molar refractivity (Wildman–Crippen MR) is 115 cm³/mol. The van der Waals surface area contributed by atoms with Crippen LogP contribution in [0.5, 0.6) is 0 Å². The summed E-state index contributed by atoms with van der Waals surface area (Å²) < 4.78 is 2.02. The Kier molecular flexibility index (Phi) is 6.38. The van der Waals surface area contributed by atoms with E-state index < -0.39 is 0 Å². The van der Waals surface area contributed by atoms with E-state index in [0.717, 1.165) is 38.4 Å². The Morgan fingerprint density at radius 1 is 1.07 bits per heavy atom. The molecule has 2 aromatic rings. The van der Waals surface area contributed by atoms with Crippen molar-refractivity contribution in [1.29, 1.82) is 0 Å². The minimum atomic E-state index is -0.107. The van der Waals surface area contributed by atoms with E-state index in [0.29, 0.717) is 0 Å². The predicted octanol–water partition coefficient (Wildman–Crippen LogP) is 4.10. The molecular formula is C22H36N6. The monoisotopic (exact) mass is 384 g/mol. The number of aromatic nitrogens is 4. The van der Waals surface area contributed by atoms with E-state index in [1.54, 1.807) is 0 Å². The molecule has 0 saturated carbocycles. The number of nitrogens with zero attached hydrogens (tertiary/aromatic N) is 6. The van der Waals surface area contributed by atoms with Gasteiger partial charge in [0.25, 0.3) is 0 Å². The standard InChI is InChI=1S/C22H36N6/c1-7-8-11-20(21-23-24-25-28(21)22(4,5)6)27-15-13-26(14-16-27)19-12-9-10-17(2)18(19)3/h9-10,12,20H,7-8,11,13-16H2,1-6H3/t20-/m0/s1. The van der Waals surface area contributed by atoms with Crippen LogP contribution in [-0.4, -0.2) is 51.3 Å². The molecule has 6 heteroatoms. The third-order valence-electron chi connectivity index (χ3n) is 5.93. The van der Waals surface area contributed by atoms with E-state index in [4.69, 9.17) is 0 Å². The van der Waals surface area contributed by atoms with E-state index in [1.807, 2.05) is 4.68 Å². The lowest BCUT2D eigenvalue weighted by Gasteiger charge is -2.41. The molecule has 2 heterocycles. The quantitative estimate of drug-likeness (QED) is 0.750. The van der Waals surface area contributed by atoms with Crippen LogP contribution in [0.3, 0.4) is 0 Å². The van der Waals surface area contributed by atoms with E-state index in [9.17, 15) is 0 Å².